The van der Waals surface area contributed by atoms with Gasteiger partial charge in [0.15, 0.2) is 10.9 Å². The summed E-state index contributed by atoms with van der Waals surface area (Å²) >= 11 is 1.31. The third-order valence-corrected chi connectivity index (χ3v) is 5.77. The summed E-state index contributed by atoms with van der Waals surface area (Å²) in [5.41, 5.74) is 2.47. The van der Waals surface area contributed by atoms with Gasteiger partial charge in [0.1, 0.15) is 0 Å². The summed E-state index contributed by atoms with van der Waals surface area (Å²) in [4.78, 5) is 29.9. The predicted molar refractivity (Wildman–Crippen MR) is 112 cm³/mol. The minimum atomic E-state index is -0.343. The maximum atomic E-state index is 12.8. The van der Waals surface area contributed by atoms with Crippen molar-refractivity contribution in [2.24, 2.45) is 7.05 Å². The molecular formula is C22H24N2O2S. The highest BCUT2D eigenvalue weighted by Crippen LogP contribution is 2.26. The molecule has 0 saturated heterocycles. The number of hydrogen-bond acceptors (Lipinski definition) is 4. The van der Waals surface area contributed by atoms with Crippen LogP contribution in [-0.4, -0.2) is 20.6 Å². The Balaban J connectivity index is 1.86. The molecule has 5 heteroatoms. The number of carbonyl (C=O) groups is 1. The van der Waals surface area contributed by atoms with E-state index in [1.807, 2.05) is 49.4 Å². The summed E-state index contributed by atoms with van der Waals surface area (Å²) in [6.07, 6.45) is 0. The van der Waals surface area contributed by atoms with Gasteiger partial charge in [0.25, 0.3) is 5.56 Å². The van der Waals surface area contributed by atoms with E-state index in [2.05, 4.69) is 25.8 Å². The van der Waals surface area contributed by atoms with Crippen LogP contribution >= 0.6 is 11.8 Å². The van der Waals surface area contributed by atoms with Crippen LogP contribution < -0.4 is 5.56 Å². The van der Waals surface area contributed by atoms with Crippen molar-refractivity contribution < 1.29 is 4.79 Å². The maximum Gasteiger partial charge on any atom is 0.261 e. The Morgan fingerprint density at radius 1 is 1.07 bits per heavy atom. The molecule has 0 amide bonds. The van der Waals surface area contributed by atoms with Gasteiger partial charge in [-0.2, -0.15) is 0 Å². The van der Waals surface area contributed by atoms with Gasteiger partial charge in [-0.15, -0.1) is 0 Å². The number of hydrogen-bond donors (Lipinski definition) is 0. The first-order valence-corrected chi connectivity index (χ1v) is 9.83. The van der Waals surface area contributed by atoms with Crippen molar-refractivity contribution in [2.45, 2.75) is 43.5 Å². The van der Waals surface area contributed by atoms with E-state index in [0.717, 1.165) is 0 Å². The molecule has 0 spiro atoms. The molecule has 0 radical (unpaired) electrons. The lowest BCUT2D eigenvalue weighted by atomic mass is 9.86. The lowest BCUT2D eigenvalue weighted by Gasteiger charge is -2.19. The summed E-state index contributed by atoms with van der Waals surface area (Å²) < 4.78 is 1.51. The summed E-state index contributed by atoms with van der Waals surface area (Å²) in [6.45, 7) is 8.29. The van der Waals surface area contributed by atoms with Crippen LogP contribution in [0, 0.1) is 0 Å². The Morgan fingerprint density at radius 2 is 1.70 bits per heavy atom. The molecule has 4 nitrogen and oxygen atoms in total. The van der Waals surface area contributed by atoms with E-state index in [4.69, 9.17) is 0 Å². The topological polar surface area (TPSA) is 52.0 Å². The fourth-order valence-corrected chi connectivity index (χ4v) is 3.84. The molecule has 140 valence electrons. The number of benzene rings is 2. The van der Waals surface area contributed by atoms with E-state index in [9.17, 15) is 9.59 Å². The first-order chi connectivity index (χ1) is 12.7. The van der Waals surface area contributed by atoms with Crippen LogP contribution in [0.5, 0.6) is 0 Å². The average molecular weight is 381 g/mol. The van der Waals surface area contributed by atoms with Gasteiger partial charge in [-0.25, -0.2) is 4.98 Å². The highest BCUT2D eigenvalue weighted by molar-refractivity contribution is 8.00. The highest BCUT2D eigenvalue weighted by Gasteiger charge is 2.21. The van der Waals surface area contributed by atoms with Crippen molar-refractivity contribution in [1.29, 1.82) is 0 Å². The van der Waals surface area contributed by atoms with Crippen LogP contribution in [0.25, 0.3) is 10.9 Å². The zero-order chi connectivity index (χ0) is 19.8. The van der Waals surface area contributed by atoms with Gasteiger partial charge < -0.3 is 0 Å². The second kappa shape index (κ2) is 7.31. The van der Waals surface area contributed by atoms with Crippen molar-refractivity contribution in [3.05, 3.63) is 70.0 Å². The second-order valence-corrected chi connectivity index (χ2v) is 9.04. The number of carbonyl (C=O) groups excluding carboxylic acids is 1. The number of aromatic nitrogens is 2. The number of Topliss-reactive ketones (excluding diaryl/α,β-unsaturated/α-hetero) is 1. The number of ketones is 1. The molecule has 27 heavy (non-hydrogen) atoms. The van der Waals surface area contributed by atoms with Crippen LogP contribution in [-0.2, 0) is 12.5 Å². The van der Waals surface area contributed by atoms with Gasteiger partial charge in [0.05, 0.1) is 16.2 Å². The van der Waals surface area contributed by atoms with Gasteiger partial charge in [0, 0.05) is 12.6 Å². The van der Waals surface area contributed by atoms with Gasteiger partial charge in [-0.3, -0.25) is 14.2 Å². The molecule has 0 saturated carbocycles. The molecule has 0 aliphatic rings. The molecule has 0 fully saturated rings. The summed E-state index contributed by atoms with van der Waals surface area (Å²) in [5, 5.41) is 0.789. The Kier molecular flexibility index (Phi) is 5.24. The SMILES string of the molecule is CC(Sc1nc2ccccc2c(=O)n1C)C(=O)c1ccc(C(C)(C)C)cc1. The Labute approximate surface area is 163 Å². The summed E-state index contributed by atoms with van der Waals surface area (Å²) in [5.74, 6) is 0.0304. The molecule has 0 N–H and O–H groups in total. The molecule has 3 rings (SSSR count). The van der Waals surface area contributed by atoms with E-state index < -0.39 is 0 Å². The van der Waals surface area contributed by atoms with Crippen LogP contribution in [0.1, 0.15) is 43.6 Å². The van der Waals surface area contributed by atoms with Crippen LogP contribution in [0.15, 0.2) is 58.5 Å². The zero-order valence-corrected chi connectivity index (χ0v) is 17.1. The number of rotatable bonds is 4. The predicted octanol–water partition coefficient (Wildman–Crippen LogP) is 4.59. The van der Waals surface area contributed by atoms with Crippen molar-refractivity contribution in [2.75, 3.05) is 0 Å². The lowest BCUT2D eigenvalue weighted by molar-refractivity contribution is 0.0994. The molecule has 0 bridgehead atoms. The lowest BCUT2D eigenvalue weighted by Crippen LogP contribution is -2.22. The normalized spacial score (nSPS) is 12.9. The summed E-state index contributed by atoms with van der Waals surface area (Å²) in [6, 6.07) is 15.0. The van der Waals surface area contributed by atoms with Gasteiger partial charge in [-0.1, -0.05) is 68.9 Å². The second-order valence-electron chi connectivity index (χ2n) is 7.73. The monoisotopic (exact) mass is 380 g/mol. The van der Waals surface area contributed by atoms with Crippen molar-refractivity contribution in [1.82, 2.24) is 9.55 Å². The first kappa shape index (κ1) is 19.4. The summed E-state index contributed by atoms with van der Waals surface area (Å²) in [7, 11) is 1.69. The maximum absolute atomic E-state index is 12.8. The average Bonchev–Trinajstić information content (AvgIpc) is 2.64. The number of para-hydroxylation sites is 1. The van der Waals surface area contributed by atoms with Crippen molar-refractivity contribution in [3.8, 4) is 0 Å². The molecule has 1 heterocycles. The quantitative estimate of drug-likeness (QED) is 0.377. The van der Waals surface area contributed by atoms with E-state index in [1.54, 1.807) is 13.1 Å². The smallest absolute Gasteiger partial charge is 0.261 e. The third kappa shape index (κ3) is 3.98. The molecule has 0 aliphatic carbocycles. The Morgan fingerprint density at radius 3 is 2.33 bits per heavy atom. The van der Waals surface area contributed by atoms with E-state index in [-0.39, 0.29) is 22.0 Å². The molecule has 2 aromatic carbocycles. The number of fused-ring (bicyclic) bond motifs is 1. The van der Waals surface area contributed by atoms with Gasteiger partial charge in [0.2, 0.25) is 0 Å². The van der Waals surface area contributed by atoms with Crippen LogP contribution in [0.4, 0.5) is 0 Å². The third-order valence-electron chi connectivity index (χ3n) is 4.63. The molecule has 3 aromatic rings. The van der Waals surface area contributed by atoms with Crippen molar-refractivity contribution in [3.63, 3.8) is 0 Å². The first-order valence-electron chi connectivity index (χ1n) is 8.95. The molecular weight excluding hydrogens is 356 g/mol. The van der Waals surface area contributed by atoms with Gasteiger partial charge in [-0.05, 0) is 30.0 Å². The van der Waals surface area contributed by atoms with Crippen LogP contribution in [0.2, 0.25) is 0 Å². The van der Waals surface area contributed by atoms with E-state index in [1.165, 1.54) is 21.9 Å². The fourth-order valence-electron chi connectivity index (χ4n) is 2.88. The molecule has 1 unspecified atom stereocenters. The highest BCUT2D eigenvalue weighted by atomic mass is 32.2. The zero-order valence-electron chi connectivity index (χ0n) is 16.3. The number of nitrogens with zero attached hydrogens (tertiary/aromatic N) is 2. The number of thioether (sulfide) groups is 1. The molecule has 0 aliphatic heterocycles. The molecule has 1 atom stereocenters. The van der Waals surface area contributed by atoms with E-state index >= 15 is 0 Å². The van der Waals surface area contributed by atoms with Gasteiger partial charge >= 0.3 is 0 Å². The molecule has 1 aromatic heterocycles. The largest absolute Gasteiger partial charge is 0.293 e. The Bertz CT molecular complexity index is 1050. The minimum Gasteiger partial charge on any atom is -0.293 e. The van der Waals surface area contributed by atoms with Crippen LogP contribution in [0.3, 0.4) is 0 Å². The standard InChI is InChI=1S/C22H24N2O2S/c1-14(19(25)15-10-12-16(13-11-15)22(2,3)4)27-21-23-18-9-7-6-8-17(18)20(26)24(21)5/h6-14H,1-5H3. The van der Waals surface area contributed by atoms with Crippen molar-refractivity contribution >= 4 is 28.4 Å². The van der Waals surface area contributed by atoms with E-state index in [0.29, 0.717) is 21.6 Å². The fraction of sp³-hybridized carbons (Fsp3) is 0.318. The Hall–Kier alpha value is -2.40. The minimum absolute atomic E-state index is 0.0304.